The Bertz CT molecular complexity index is 714. The summed E-state index contributed by atoms with van der Waals surface area (Å²) >= 11 is 1.29. The van der Waals surface area contributed by atoms with Crippen molar-refractivity contribution in [3.8, 4) is 10.6 Å². The molecule has 7 nitrogen and oxygen atoms in total. The van der Waals surface area contributed by atoms with E-state index in [2.05, 4.69) is 10.3 Å². The standard InChI is InChI=1S/C16H19N3O4S/c1-3-10(2)14(20)8-17-15(21)13-9-24-16(18-13)11-4-6-12(7-5-11)19(22)23/h4-7,9-10,14,20H,3,8H2,1-2H3,(H,17,21). The van der Waals surface area contributed by atoms with E-state index in [0.29, 0.717) is 10.6 Å². The van der Waals surface area contributed by atoms with Crippen molar-refractivity contribution in [3.63, 3.8) is 0 Å². The second kappa shape index (κ2) is 7.98. The van der Waals surface area contributed by atoms with Gasteiger partial charge in [-0.15, -0.1) is 11.3 Å². The molecule has 0 saturated carbocycles. The Hall–Kier alpha value is -2.32. The highest BCUT2D eigenvalue weighted by Gasteiger charge is 2.16. The summed E-state index contributed by atoms with van der Waals surface area (Å²) < 4.78 is 0. The second-order valence-electron chi connectivity index (χ2n) is 5.50. The van der Waals surface area contributed by atoms with Crippen LogP contribution in [0, 0.1) is 16.0 Å². The van der Waals surface area contributed by atoms with Crippen LogP contribution in [0.4, 0.5) is 5.69 Å². The second-order valence-corrected chi connectivity index (χ2v) is 6.36. The van der Waals surface area contributed by atoms with E-state index < -0.39 is 11.0 Å². The van der Waals surface area contributed by atoms with Crippen LogP contribution in [0.15, 0.2) is 29.6 Å². The minimum Gasteiger partial charge on any atom is -0.391 e. The van der Waals surface area contributed by atoms with Gasteiger partial charge in [-0.3, -0.25) is 14.9 Å². The minimum absolute atomic E-state index is 0.00676. The molecule has 2 atom stereocenters. The Labute approximate surface area is 143 Å². The average molecular weight is 349 g/mol. The Morgan fingerprint density at radius 2 is 2.08 bits per heavy atom. The topological polar surface area (TPSA) is 105 Å². The summed E-state index contributed by atoms with van der Waals surface area (Å²) in [5.41, 5.74) is 0.987. The van der Waals surface area contributed by atoms with Crippen LogP contribution in [0.2, 0.25) is 0 Å². The van der Waals surface area contributed by atoms with Crippen LogP contribution in [-0.4, -0.2) is 33.6 Å². The molecule has 24 heavy (non-hydrogen) atoms. The maximum Gasteiger partial charge on any atom is 0.270 e. The third-order valence-corrected chi connectivity index (χ3v) is 4.73. The van der Waals surface area contributed by atoms with Gasteiger partial charge in [0.25, 0.3) is 11.6 Å². The van der Waals surface area contributed by atoms with Gasteiger partial charge in [0, 0.05) is 29.6 Å². The van der Waals surface area contributed by atoms with E-state index in [4.69, 9.17) is 0 Å². The van der Waals surface area contributed by atoms with Crippen LogP contribution in [0.1, 0.15) is 30.8 Å². The summed E-state index contributed by atoms with van der Waals surface area (Å²) in [6.45, 7) is 4.08. The third-order valence-electron chi connectivity index (χ3n) is 3.83. The van der Waals surface area contributed by atoms with Gasteiger partial charge in [0.15, 0.2) is 0 Å². The molecule has 1 amide bonds. The molecule has 2 rings (SSSR count). The number of hydrogen-bond acceptors (Lipinski definition) is 6. The maximum atomic E-state index is 12.1. The number of carbonyl (C=O) groups excluding carboxylic acids is 1. The number of benzene rings is 1. The van der Waals surface area contributed by atoms with Gasteiger partial charge in [-0.05, 0) is 18.1 Å². The molecule has 2 N–H and O–H groups in total. The number of aliphatic hydroxyl groups excluding tert-OH is 1. The monoisotopic (exact) mass is 349 g/mol. The molecule has 2 aromatic rings. The van der Waals surface area contributed by atoms with Crippen molar-refractivity contribution in [3.05, 3.63) is 45.5 Å². The lowest BCUT2D eigenvalue weighted by molar-refractivity contribution is -0.384. The van der Waals surface area contributed by atoms with Gasteiger partial charge in [0.2, 0.25) is 0 Å². The zero-order chi connectivity index (χ0) is 17.7. The average Bonchev–Trinajstić information content (AvgIpc) is 3.08. The molecule has 0 aliphatic heterocycles. The molecule has 2 unspecified atom stereocenters. The molecule has 0 spiro atoms. The summed E-state index contributed by atoms with van der Waals surface area (Å²) in [6.07, 6.45) is 0.240. The van der Waals surface area contributed by atoms with Gasteiger partial charge in [0.05, 0.1) is 11.0 Å². The zero-order valence-electron chi connectivity index (χ0n) is 13.4. The maximum absolute atomic E-state index is 12.1. The van der Waals surface area contributed by atoms with E-state index in [9.17, 15) is 20.0 Å². The molecule has 0 fully saturated rings. The van der Waals surface area contributed by atoms with Crippen molar-refractivity contribution >= 4 is 22.9 Å². The molecule has 1 heterocycles. The smallest absolute Gasteiger partial charge is 0.270 e. The molecule has 8 heteroatoms. The van der Waals surface area contributed by atoms with E-state index in [1.807, 2.05) is 13.8 Å². The number of aromatic nitrogens is 1. The van der Waals surface area contributed by atoms with Crippen LogP contribution >= 0.6 is 11.3 Å². The number of nitrogens with zero attached hydrogens (tertiary/aromatic N) is 2. The Morgan fingerprint density at radius 3 is 2.67 bits per heavy atom. The molecular formula is C16H19N3O4S. The molecule has 0 bridgehead atoms. The van der Waals surface area contributed by atoms with E-state index in [1.165, 1.54) is 23.5 Å². The van der Waals surface area contributed by atoms with Gasteiger partial charge in [0.1, 0.15) is 10.7 Å². The summed E-state index contributed by atoms with van der Waals surface area (Å²) in [7, 11) is 0. The zero-order valence-corrected chi connectivity index (χ0v) is 14.2. The minimum atomic E-state index is -0.591. The van der Waals surface area contributed by atoms with E-state index >= 15 is 0 Å². The largest absolute Gasteiger partial charge is 0.391 e. The van der Waals surface area contributed by atoms with E-state index in [0.717, 1.165) is 6.42 Å². The predicted octanol–water partition coefficient (Wildman–Crippen LogP) is 2.86. The fourth-order valence-electron chi connectivity index (χ4n) is 2.00. The van der Waals surface area contributed by atoms with Crippen LogP contribution in [0.3, 0.4) is 0 Å². The summed E-state index contributed by atoms with van der Waals surface area (Å²) in [5.74, 6) is -0.238. The quantitative estimate of drug-likeness (QED) is 0.590. The Morgan fingerprint density at radius 1 is 1.42 bits per heavy atom. The van der Waals surface area contributed by atoms with E-state index in [-0.39, 0.29) is 29.8 Å². The van der Waals surface area contributed by atoms with Crippen molar-refractivity contribution in [1.82, 2.24) is 10.3 Å². The first kappa shape index (κ1) is 18.0. The first-order chi connectivity index (χ1) is 11.4. The van der Waals surface area contributed by atoms with Crippen molar-refractivity contribution in [2.45, 2.75) is 26.4 Å². The number of non-ortho nitro benzene ring substituents is 1. The molecule has 0 aliphatic carbocycles. The number of rotatable bonds is 7. The molecule has 128 valence electrons. The first-order valence-corrected chi connectivity index (χ1v) is 8.47. The molecule has 1 aromatic heterocycles. The van der Waals surface area contributed by atoms with Gasteiger partial charge in [-0.2, -0.15) is 0 Å². The number of aliphatic hydroxyl groups is 1. The van der Waals surface area contributed by atoms with Gasteiger partial charge >= 0.3 is 0 Å². The van der Waals surface area contributed by atoms with Gasteiger partial charge < -0.3 is 10.4 Å². The Kier molecular flexibility index (Phi) is 5.99. The molecule has 1 aromatic carbocycles. The van der Waals surface area contributed by atoms with Crippen LogP contribution in [0.5, 0.6) is 0 Å². The Balaban J connectivity index is 2.02. The fraction of sp³-hybridized carbons (Fsp3) is 0.375. The lowest BCUT2D eigenvalue weighted by atomic mass is 10.0. The highest BCUT2D eigenvalue weighted by atomic mass is 32.1. The highest BCUT2D eigenvalue weighted by Crippen LogP contribution is 2.25. The summed E-state index contributed by atoms with van der Waals surface area (Å²) in [4.78, 5) is 26.5. The lowest BCUT2D eigenvalue weighted by Crippen LogP contribution is -2.35. The van der Waals surface area contributed by atoms with Crippen molar-refractivity contribution < 1.29 is 14.8 Å². The van der Waals surface area contributed by atoms with Crippen LogP contribution < -0.4 is 5.32 Å². The van der Waals surface area contributed by atoms with Crippen LogP contribution in [0.25, 0.3) is 10.6 Å². The van der Waals surface area contributed by atoms with E-state index in [1.54, 1.807) is 17.5 Å². The molecular weight excluding hydrogens is 330 g/mol. The summed E-state index contributed by atoms with van der Waals surface area (Å²) in [6, 6.07) is 6.01. The van der Waals surface area contributed by atoms with Gasteiger partial charge in [-0.1, -0.05) is 20.3 Å². The summed E-state index contributed by atoms with van der Waals surface area (Å²) in [5, 5.41) is 25.4. The predicted molar refractivity (Wildman–Crippen MR) is 92.0 cm³/mol. The fourth-order valence-corrected chi connectivity index (χ4v) is 2.80. The van der Waals surface area contributed by atoms with Crippen molar-refractivity contribution in [2.75, 3.05) is 6.54 Å². The molecule has 0 radical (unpaired) electrons. The molecule has 0 aliphatic rings. The number of carbonyl (C=O) groups is 1. The highest BCUT2D eigenvalue weighted by molar-refractivity contribution is 7.13. The van der Waals surface area contributed by atoms with Crippen molar-refractivity contribution in [2.24, 2.45) is 5.92 Å². The SMILES string of the molecule is CCC(C)C(O)CNC(=O)c1csc(-c2ccc([N+](=O)[O-])cc2)n1. The number of thiazole rings is 1. The normalized spacial score (nSPS) is 13.3. The number of amides is 1. The molecule has 0 saturated heterocycles. The number of nitro benzene ring substituents is 1. The van der Waals surface area contributed by atoms with Crippen LogP contribution in [-0.2, 0) is 0 Å². The number of hydrogen-bond donors (Lipinski definition) is 2. The van der Waals surface area contributed by atoms with Crippen molar-refractivity contribution in [1.29, 1.82) is 0 Å². The third kappa shape index (κ3) is 4.36. The number of nitrogens with one attached hydrogen (secondary N) is 1. The number of nitro groups is 1. The first-order valence-electron chi connectivity index (χ1n) is 7.59. The van der Waals surface area contributed by atoms with Gasteiger partial charge in [-0.25, -0.2) is 4.98 Å². The lowest BCUT2D eigenvalue weighted by Gasteiger charge is -2.17.